The molecule has 0 heterocycles. The van der Waals surface area contributed by atoms with Crippen LogP contribution in [0.5, 0.6) is 0 Å². The lowest BCUT2D eigenvalue weighted by atomic mass is 10.1. The fourth-order valence-corrected chi connectivity index (χ4v) is 2.41. The topological polar surface area (TPSA) is 0 Å². The van der Waals surface area contributed by atoms with Gasteiger partial charge in [0.05, 0.1) is 0 Å². The molecule has 0 N–H and O–H groups in total. The molecule has 0 aliphatic heterocycles. The highest BCUT2D eigenvalue weighted by molar-refractivity contribution is 5.23. The number of allylic oxidation sites excluding steroid dienone is 2. The van der Waals surface area contributed by atoms with Crippen LogP contribution in [0.2, 0.25) is 0 Å². The van der Waals surface area contributed by atoms with Crippen LogP contribution >= 0.6 is 0 Å². The van der Waals surface area contributed by atoms with Crippen molar-refractivity contribution >= 4 is 0 Å². The fraction of sp³-hybridized carbons (Fsp3) is 0.667. The van der Waals surface area contributed by atoms with Gasteiger partial charge in [-0.3, -0.25) is 0 Å². The molecule has 0 unspecified atom stereocenters. The Labute approximate surface area is 76.4 Å². The molecule has 12 heavy (non-hydrogen) atoms. The van der Waals surface area contributed by atoms with Gasteiger partial charge in [0.2, 0.25) is 0 Å². The van der Waals surface area contributed by atoms with Crippen LogP contribution in [0.25, 0.3) is 0 Å². The predicted octanol–water partition coefficient (Wildman–Crippen LogP) is 3.80. The van der Waals surface area contributed by atoms with Gasteiger partial charge in [0.25, 0.3) is 0 Å². The van der Waals surface area contributed by atoms with Crippen molar-refractivity contribution in [1.82, 2.24) is 0 Å². The van der Waals surface area contributed by atoms with Crippen LogP contribution in [-0.4, -0.2) is 0 Å². The minimum absolute atomic E-state index is 0.752. The summed E-state index contributed by atoms with van der Waals surface area (Å²) in [5.41, 5.74) is 2.70. The molecule has 0 aromatic carbocycles. The zero-order valence-corrected chi connectivity index (χ0v) is 8.56. The second kappa shape index (κ2) is 3.47. The molecule has 1 rings (SSSR count). The van der Waals surface area contributed by atoms with E-state index in [0.29, 0.717) is 0 Å². The average Bonchev–Trinajstić information content (AvgIpc) is 2.63. The van der Waals surface area contributed by atoms with Crippen molar-refractivity contribution in [2.75, 3.05) is 0 Å². The molecule has 0 radical (unpaired) electrons. The molecule has 1 saturated carbocycles. The lowest BCUT2D eigenvalue weighted by Gasteiger charge is -1.94. The van der Waals surface area contributed by atoms with E-state index >= 15 is 0 Å². The summed E-state index contributed by atoms with van der Waals surface area (Å²) in [5, 5.41) is 0. The van der Waals surface area contributed by atoms with E-state index < -0.39 is 0 Å². The summed E-state index contributed by atoms with van der Waals surface area (Å²) in [7, 11) is 0. The summed E-state index contributed by atoms with van der Waals surface area (Å²) in [4.78, 5) is 0. The Morgan fingerprint density at radius 1 is 1.08 bits per heavy atom. The van der Waals surface area contributed by atoms with Crippen molar-refractivity contribution in [3.8, 4) is 0 Å². The summed E-state index contributed by atoms with van der Waals surface area (Å²) < 4.78 is 0. The van der Waals surface area contributed by atoms with Gasteiger partial charge in [0.1, 0.15) is 0 Å². The first-order valence-electron chi connectivity index (χ1n) is 4.90. The molecule has 0 aromatic heterocycles. The molecule has 0 nitrogen and oxygen atoms in total. The van der Waals surface area contributed by atoms with Crippen LogP contribution in [0.4, 0.5) is 0 Å². The van der Waals surface area contributed by atoms with Gasteiger partial charge in [-0.2, -0.15) is 0 Å². The van der Waals surface area contributed by atoms with Gasteiger partial charge < -0.3 is 0 Å². The van der Waals surface area contributed by atoms with Gasteiger partial charge in [-0.15, -0.1) is 0 Å². The summed E-state index contributed by atoms with van der Waals surface area (Å²) in [6.45, 7) is 14.6. The summed E-state index contributed by atoms with van der Waals surface area (Å²) in [6.07, 6.45) is 2.63. The third-order valence-corrected chi connectivity index (χ3v) is 2.93. The molecule has 68 valence electrons. The van der Waals surface area contributed by atoms with E-state index in [1.165, 1.54) is 24.0 Å². The van der Waals surface area contributed by atoms with E-state index in [1.807, 2.05) is 0 Å². The fourth-order valence-electron chi connectivity index (χ4n) is 2.41. The highest BCUT2D eigenvalue weighted by atomic mass is 14.5. The molecule has 1 aliphatic rings. The second-order valence-corrected chi connectivity index (χ2v) is 4.20. The van der Waals surface area contributed by atoms with Crippen LogP contribution in [0.3, 0.4) is 0 Å². The van der Waals surface area contributed by atoms with E-state index in [4.69, 9.17) is 0 Å². The van der Waals surface area contributed by atoms with E-state index in [9.17, 15) is 0 Å². The van der Waals surface area contributed by atoms with Gasteiger partial charge in [0.15, 0.2) is 0 Å². The molecule has 0 spiro atoms. The Kier molecular flexibility index (Phi) is 2.76. The number of hydrogen-bond acceptors (Lipinski definition) is 0. The quantitative estimate of drug-likeness (QED) is 0.554. The first-order chi connectivity index (χ1) is 5.59. The monoisotopic (exact) mass is 164 g/mol. The van der Waals surface area contributed by atoms with E-state index in [-0.39, 0.29) is 0 Å². The SMILES string of the molecule is C=C(C)[C@@H]1C(CCC)[C@H]1C(=C)C. The van der Waals surface area contributed by atoms with Crippen LogP contribution in [0.15, 0.2) is 24.3 Å². The van der Waals surface area contributed by atoms with E-state index in [0.717, 1.165) is 17.8 Å². The molecule has 0 aromatic rings. The van der Waals surface area contributed by atoms with E-state index in [2.05, 4.69) is 33.9 Å². The molecule has 2 atom stereocenters. The summed E-state index contributed by atoms with van der Waals surface area (Å²) >= 11 is 0. The van der Waals surface area contributed by atoms with Crippen molar-refractivity contribution < 1.29 is 0 Å². The number of rotatable bonds is 4. The minimum Gasteiger partial charge on any atom is -0.0998 e. The highest BCUT2D eigenvalue weighted by Crippen LogP contribution is 2.56. The van der Waals surface area contributed by atoms with Gasteiger partial charge in [-0.25, -0.2) is 0 Å². The maximum Gasteiger partial charge on any atom is -0.0106 e. The smallest absolute Gasteiger partial charge is 0.0106 e. The van der Waals surface area contributed by atoms with Gasteiger partial charge in [0, 0.05) is 0 Å². The predicted molar refractivity (Wildman–Crippen MR) is 55.0 cm³/mol. The molecule has 0 amide bonds. The van der Waals surface area contributed by atoms with Crippen LogP contribution in [-0.2, 0) is 0 Å². The minimum atomic E-state index is 0.752. The van der Waals surface area contributed by atoms with Crippen LogP contribution in [0, 0.1) is 17.8 Å². The van der Waals surface area contributed by atoms with Gasteiger partial charge in [-0.05, 0) is 38.0 Å². The van der Waals surface area contributed by atoms with Crippen LogP contribution < -0.4 is 0 Å². The van der Waals surface area contributed by atoms with E-state index in [1.54, 1.807) is 0 Å². The Morgan fingerprint density at radius 2 is 1.50 bits per heavy atom. The zero-order valence-electron chi connectivity index (χ0n) is 8.56. The van der Waals surface area contributed by atoms with Crippen molar-refractivity contribution in [3.05, 3.63) is 24.3 Å². The van der Waals surface area contributed by atoms with Gasteiger partial charge >= 0.3 is 0 Å². The highest BCUT2D eigenvalue weighted by Gasteiger charge is 2.49. The third kappa shape index (κ3) is 1.63. The summed E-state index contributed by atoms with van der Waals surface area (Å²) in [6, 6.07) is 0. The van der Waals surface area contributed by atoms with Crippen molar-refractivity contribution in [1.29, 1.82) is 0 Å². The molecular weight excluding hydrogens is 144 g/mol. The largest absolute Gasteiger partial charge is 0.0998 e. The lowest BCUT2D eigenvalue weighted by molar-refractivity contribution is 0.652. The average molecular weight is 164 g/mol. The molecule has 1 aliphatic carbocycles. The zero-order chi connectivity index (χ0) is 9.30. The van der Waals surface area contributed by atoms with Gasteiger partial charge in [-0.1, -0.05) is 37.6 Å². The molecule has 0 heteroatoms. The first-order valence-corrected chi connectivity index (χ1v) is 4.90. The standard InChI is InChI=1S/C12H20/c1-6-7-10-11(8(2)3)12(10)9(4)5/h10-12H,2,4,6-7H2,1,3,5H3/t11-,12-/m1/s1. The Bertz CT molecular complexity index is 180. The molecule has 0 bridgehead atoms. The van der Waals surface area contributed by atoms with Crippen LogP contribution in [0.1, 0.15) is 33.6 Å². The first kappa shape index (κ1) is 9.57. The Hall–Kier alpha value is -0.520. The summed E-state index contributed by atoms with van der Waals surface area (Å²) in [5.74, 6) is 2.37. The Morgan fingerprint density at radius 3 is 1.75 bits per heavy atom. The lowest BCUT2D eigenvalue weighted by Crippen LogP contribution is -1.82. The molecule has 0 saturated heterocycles. The second-order valence-electron chi connectivity index (χ2n) is 4.20. The normalized spacial score (nSPS) is 33.1. The molecular formula is C12H20. The maximum atomic E-state index is 4.04. The maximum absolute atomic E-state index is 4.04. The third-order valence-electron chi connectivity index (χ3n) is 2.93. The number of hydrogen-bond donors (Lipinski definition) is 0. The molecule has 1 fully saturated rings. The van der Waals surface area contributed by atoms with Crippen molar-refractivity contribution in [2.45, 2.75) is 33.6 Å². The Balaban J connectivity index is 2.55. The van der Waals surface area contributed by atoms with Crippen molar-refractivity contribution in [2.24, 2.45) is 17.8 Å². The van der Waals surface area contributed by atoms with Crippen molar-refractivity contribution in [3.63, 3.8) is 0 Å².